The molecule has 0 amide bonds. The SMILES string of the molecule is O=C(O)c1ccccc1SC(C[N+](=O)[O-])c1cccc2ccccc12. The largest absolute Gasteiger partial charge is 0.478 e. The van der Waals surface area contributed by atoms with Crippen LogP contribution in [-0.2, 0) is 0 Å². The summed E-state index contributed by atoms with van der Waals surface area (Å²) >= 11 is 1.22. The van der Waals surface area contributed by atoms with Crippen LogP contribution < -0.4 is 0 Å². The first-order valence-electron chi connectivity index (χ1n) is 7.64. The Kier molecular flexibility index (Phi) is 5.00. The first kappa shape index (κ1) is 17.0. The number of carboxylic acid groups (broad SMARTS) is 1. The fourth-order valence-electron chi connectivity index (χ4n) is 2.77. The molecule has 3 aromatic carbocycles. The Balaban J connectivity index is 2.07. The highest BCUT2D eigenvalue weighted by Gasteiger charge is 2.23. The molecule has 1 unspecified atom stereocenters. The van der Waals surface area contributed by atoms with Crippen molar-refractivity contribution in [3.05, 3.63) is 88.0 Å². The summed E-state index contributed by atoms with van der Waals surface area (Å²) in [5, 5.41) is 22.0. The third-order valence-electron chi connectivity index (χ3n) is 3.87. The Labute approximate surface area is 148 Å². The van der Waals surface area contributed by atoms with Crippen molar-refractivity contribution in [2.75, 3.05) is 6.54 Å². The standard InChI is InChI=1S/C19H15NO4S/c21-19(22)16-9-3-4-11-17(16)25-18(12-20(23)24)15-10-5-7-13-6-1-2-8-14(13)15/h1-11,18H,12H2,(H,21,22). The Morgan fingerprint density at radius 1 is 1.04 bits per heavy atom. The van der Waals surface area contributed by atoms with Crippen molar-refractivity contribution in [1.29, 1.82) is 0 Å². The van der Waals surface area contributed by atoms with Crippen molar-refractivity contribution in [3.8, 4) is 0 Å². The van der Waals surface area contributed by atoms with E-state index >= 15 is 0 Å². The average molecular weight is 353 g/mol. The third-order valence-corrected chi connectivity index (χ3v) is 5.17. The van der Waals surface area contributed by atoms with Crippen molar-refractivity contribution >= 4 is 28.5 Å². The monoisotopic (exact) mass is 353 g/mol. The van der Waals surface area contributed by atoms with E-state index in [2.05, 4.69) is 0 Å². The number of nitro groups is 1. The number of benzene rings is 3. The highest BCUT2D eigenvalue weighted by atomic mass is 32.2. The summed E-state index contributed by atoms with van der Waals surface area (Å²) in [6, 6.07) is 20.0. The Bertz CT molecular complexity index is 936. The number of thioether (sulfide) groups is 1. The molecule has 3 rings (SSSR count). The van der Waals surface area contributed by atoms with Crippen LogP contribution in [0.4, 0.5) is 0 Å². The summed E-state index contributed by atoms with van der Waals surface area (Å²) in [6.45, 7) is -0.285. The molecule has 5 nitrogen and oxygen atoms in total. The van der Waals surface area contributed by atoms with Gasteiger partial charge >= 0.3 is 5.97 Å². The summed E-state index contributed by atoms with van der Waals surface area (Å²) < 4.78 is 0. The number of rotatable bonds is 6. The zero-order valence-corrected chi connectivity index (χ0v) is 14.0. The summed E-state index contributed by atoms with van der Waals surface area (Å²) in [5.41, 5.74) is 0.987. The van der Waals surface area contributed by atoms with Crippen molar-refractivity contribution < 1.29 is 14.8 Å². The second-order valence-corrected chi connectivity index (χ2v) is 6.74. The molecule has 126 valence electrons. The van der Waals surface area contributed by atoms with Gasteiger partial charge in [0, 0.05) is 9.82 Å². The highest BCUT2D eigenvalue weighted by molar-refractivity contribution is 7.99. The quantitative estimate of drug-likeness (QED) is 0.396. The molecule has 0 aliphatic heterocycles. The van der Waals surface area contributed by atoms with Gasteiger partial charge in [-0.3, -0.25) is 10.1 Å². The van der Waals surface area contributed by atoms with E-state index in [9.17, 15) is 20.0 Å². The van der Waals surface area contributed by atoms with Crippen LogP contribution in [0.2, 0.25) is 0 Å². The molecule has 1 atom stereocenters. The lowest BCUT2D eigenvalue weighted by Crippen LogP contribution is -2.11. The maximum atomic E-state index is 11.4. The van der Waals surface area contributed by atoms with Crippen LogP contribution in [0.15, 0.2) is 71.6 Å². The lowest BCUT2D eigenvalue weighted by molar-refractivity contribution is -0.479. The van der Waals surface area contributed by atoms with Gasteiger partial charge < -0.3 is 5.11 Å². The van der Waals surface area contributed by atoms with Crippen molar-refractivity contribution in [2.24, 2.45) is 0 Å². The second-order valence-electron chi connectivity index (χ2n) is 5.49. The Hall–Kier alpha value is -2.86. The smallest absolute Gasteiger partial charge is 0.336 e. The molecule has 0 bridgehead atoms. The summed E-state index contributed by atoms with van der Waals surface area (Å²) in [4.78, 5) is 22.8. The molecule has 25 heavy (non-hydrogen) atoms. The lowest BCUT2D eigenvalue weighted by Gasteiger charge is -2.16. The van der Waals surface area contributed by atoms with Gasteiger partial charge in [-0.1, -0.05) is 54.6 Å². The predicted octanol–water partition coefficient (Wildman–Crippen LogP) is 4.65. The summed E-state index contributed by atoms with van der Waals surface area (Å²) in [7, 11) is 0. The van der Waals surface area contributed by atoms with Crippen LogP contribution in [0.1, 0.15) is 21.2 Å². The van der Waals surface area contributed by atoms with E-state index in [1.807, 2.05) is 42.5 Å². The van der Waals surface area contributed by atoms with Crippen LogP contribution in [0.25, 0.3) is 10.8 Å². The molecule has 0 saturated heterocycles. The molecule has 3 aromatic rings. The highest BCUT2D eigenvalue weighted by Crippen LogP contribution is 2.39. The van der Waals surface area contributed by atoms with E-state index in [0.29, 0.717) is 4.90 Å². The predicted molar refractivity (Wildman–Crippen MR) is 97.8 cm³/mol. The van der Waals surface area contributed by atoms with Crippen molar-refractivity contribution in [1.82, 2.24) is 0 Å². The minimum Gasteiger partial charge on any atom is -0.478 e. The van der Waals surface area contributed by atoms with E-state index in [4.69, 9.17) is 0 Å². The number of hydrogen-bond acceptors (Lipinski definition) is 4. The molecule has 0 aliphatic rings. The van der Waals surface area contributed by atoms with Gasteiger partial charge in [-0.25, -0.2) is 4.79 Å². The van der Waals surface area contributed by atoms with Crippen molar-refractivity contribution in [2.45, 2.75) is 10.1 Å². The summed E-state index contributed by atoms with van der Waals surface area (Å²) in [5.74, 6) is -1.04. The molecule has 0 saturated carbocycles. The first-order valence-corrected chi connectivity index (χ1v) is 8.52. The van der Waals surface area contributed by atoms with Crippen LogP contribution in [0.3, 0.4) is 0 Å². The third kappa shape index (κ3) is 3.80. The van der Waals surface area contributed by atoms with Gasteiger partial charge in [0.1, 0.15) is 0 Å². The minimum atomic E-state index is -1.04. The number of nitrogens with zero attached hydrogens (tertiary/aromatic N) is 1. The van der Waals surface area contributed by atoms with Crippen LogP contribution >= 0.6 is 11.8 Å². The number of hydrogen-bond donors (Lipinski definition) is 1. The molecule has 0 radical (unpaired) electrons. The van der Waals surface area contributed by atoms with E-state index in [-0.39, 0.29) is 17.0 Å². The van der Waals surface area contributed by atoms with Gasteiger partial charge in [-0.2, -0.15) is 0 Å². The fourth-order valence-corrected chi connectivity index (χ4v) is 4.04. The van der Waals surface area contributed by atoms with E-state index in [1.165, 1.54) is 17.8 Å². The second kappa shape index (κ2) is 7.36. The number of aromatic carboxylic acids is 1. The van der Waals surface area contributed by atoms with Crippen LogP contribution in [0.5, 0.6) is 0 Å². The maximum absolute atomic E-state index is 11.4. The molecule has 0 spiro atoms. The number of fused-ring (bicyclic) bond motifs is 1. The van der Waals surface area contributed by atoms with Crippen LogP contribution in [-0.4, -0.2) is 22.5 Å². The molecule has 0 fully saturated rings. The molecular formula is C19H15NO4S. The minimum absolute atomic E-state index is 0.154. The zero-order valence-electron chi connectivity index (χ0n) is 13.2. The summed E-state index contributed by atoms with van der Waals surface area (Å²) in [6.07, 6.45) is 0. The molecule has 6 heteroatoms. The average Bonchev–Trinajstić information content (AvgIpc) is 2.60. The van der Waals surface area contributed by atoms with Gasteiger partial charge in [-0.15, -0.1) is 11.8 Å². The fraction of sp³-hybridized carbons (Fsp3) is 0.105. The van der Waals surface area contributed by atoms with E-state index < -0.39 is 11.2 Å². The maximum Gasteiger partial charge on any atom is 0.336 e. The van der Waals surface area contributed by atoms with Gasteiger partial charge in [0.2, 0.25) is 6.54 Å². The van der Waals surface area contributed by atoms with Gasteiger partial charge in [0.25, 0.3) is 0 Å². The number of carbonyl (C=O) groups is 1. The molecular weight excluding hydrogens is 338 g/mol. The Morgan fingerprint density at radius 2 is 1.72 bits per heavy atom. The van der Waals surface area contributed by atoms with Gasteiger partial charge in [0.05, 0.1) is 10.8 Å². The Morgan fingerprint density at radius 3 is 2.48 bits per heavy atom. The van der Waals surface area contributed by atoms with Crippen LogP contribution in [0, 0.1) is 10.1 Å². The van der Waals surface area contributed by atoms with E-state index in [0.717, 1.165) is 16.3 Å². The zero-order chi connectivity index (χ0) is 17.8. The van der Waals surface area contributed by atoms with Gasteiger partial charge in [-0.05, 0) is 28.5 Å². The van der Waals surface area contributed by atoms with Crippen molar-refractivity contribution in [3.63, 3.8) is 0 Å². The molecule has 0 heterocycles. The molecule has 0 aromatic heterocycles. The first-order chi connectivity index (χ1) is 12.1. The van der Waals surface area contributed by atoms with E-state index in [1.54, 1.807) is 18.2 Å². The topological polar surface area (TPSA) is 80.4 Å². The number of carboxylic acids is 1. The molecule has 0 aliphatic carbocycles. The lowest BCUT2D eigenvalue weighted by atomic mass is 10.0. The van der Waals surface area contributed by atoms with Gasteiger partial charge in [0.15, 0.2) is 0 Å². The molecule has 1 N–H and O–H groups in total. The normalized spacial score (nSPS) is 12.0.